The van der Waals surface area contributed by atoms with Crippen LogP contribution in [0.1, 0.15) is 29.5 Å². The molecule has 1 saturated carbocycles. The number of nitrogens with zero attached hydrogens (tertiary/aromatic N) is 1. The number of nitriles is 1. The van der Waals surface area contributed by atoms with Crippen molar-refractivity contribution in [1.82, 2.24) is 0 Å². The maximum atomic E-state index is 13.9. The molecule has 25 heavy (non-hydrogen) atoms. The molecule has 0 radical (unpaired) electrons. The summed E-state index contributed by atoms with van der Waals surface area (Å²) in [5.41, 5.74) is 0.648. The van der Waals surface area contributed by atoms with Gasteiger partial charge < -0.3 is 0 Å². The van der Waals surface area contributed by atoms with Crippen LogP contribution in [0.25, 0.3) is 0 Å². The van der Waals surface area contributed by atoms with Crippen molar-refractivity contribution < 1.29 is 17.6 Å². The maximum absolute atomic E-state index is 13.9. The average Bonchev–Trinajstić information content (AvgIpc) is 3.42. The molecule has 1 fully saturated rings. The molecule has 0 saturated heterocycles. The van der Waals surface area contributed by atoms with Crippen molar-refractivity contribution >= 4 is 11.8 Å². The first kappa shape index (κ1) is 17.4. The van der Waals surface area contributed by atoms with E-state index in [9.17, 15) is 17.6 Å². The van der Waals surface area contributed by atoms with Crippen LogP contribution in [0.2, 0.25) is 0 Å². The molecule has 1 nitrogen and oxygen atoms in total. The van der Waals surface area contributed by atoms with E-state index < -0.39 is 33.7 Å². The van der Waals surface area contributed by atoms with Crippen molar-refractivity contribution in [2.75, 3.05) is 0 Å². The van der Waals surface area contributed by atoms with E-state index in [0.717, 1.165) is 17.9 Å². The summed E-state index contributed by atoms with van der Waals surface area (Å²) in [4.78, 5) is -1.01. The third kappa shape index (κ3) is 3.81. The Morgan fingerprint density at radius 2 is 1.52 bits per heavy atom. The zero-order chi connectivity index (χ0) is 18.0. The van der Waals surface area contributed by atoms with E-state index in [2.05, 4.69) is 11.8 Å². The lowest BCUT2D eigenvalue weighted by molar-refractivity contribution is 0.423. The van der Waals surface area contributed by atoms with Crippen molar-refractivity contribution in [1.29, 1.82) is 5.26 Å². The first-order chi connectivity index (χ1) is 12.0. The lowest BCUT2D eigenvalue weighted by Crippen LogP contribution is -2.02. The summed E-state index contributed by atoms with van der Waals surface area (Å²) in [5.74, 6) is -1.05. The second-order valence-electron chi connectivity index (χ2n) is 5.75. The maximum Gasteiger partial charge on any atom is 0.178 e. The fraction of sp³-hybridized carbons (Fsp3) is 0.211. The molecule has 2 aromatic carbocycles. The number of thiocyanates is 1. The highest BCUT2D eigenvalue weighted by Crippen LogP contribution is 2.32. The van der Waals surface area contributed by atoms with Crippen LogP contribution in [0.4, 0.5) is 17.6 Å². The second kappa shape index (κ2) is 7.21. The number of thioether (sulfide) groups is 1. The fourth-order valence-corrected chi connectivity index (χ4v) is 2.82. The predicted octanol–water partition coefficient (Wildman–Crippen LogP) is 5.17. The molecule has 0 aliphatic heterocycles. The molecular weight excluding hydrogens is 350 g/mol. The molecule has 1 aliphatic carbocycles. The van der Waals surface area contributed by atoms with E-state index in [1.165, 1.54) is 18.2 Å². The molecule has 2 aromatic rings. The summed E-state index contributed by atoms with van der Waals surface area (Å²) in [5, 5.41) is 9.85. The highest BCUT2D eigenvalue weighted by atomic mass is 32.2. The van der Waals surface area contributed by atoms with Gasteiger partial charge in [-0.25, -0.2) is 17.6 Å². The minimum atomic E-state index is -1.62. The average molecular weight is 361 g/mol. The number of hydrogen-bond donors (Lipinski definition) is 0. The fourth-order valence-electron chi connectivity index (χ4n) is 2.37. The van der Waals surface area contributed by atoms with Crippen molar-refractivity contribution in [3.63, 3.8) is 0 Å². The highest BCUT2D eigenvalue weighted by molar-refractivity contribution is 8.03. The second-order valence-corrected chi connectivity index (χ2v) is 6.54. The molecule has 0 aromatic heterocycles. The van der Waals surface area contributed by atoms with Crippen LogP contribution in [-0.2, 0) is 6.42 Å². The van der Waals surface area contributed by atoms with Gasteiger partial charge in [0.05, 0.1) is 4.90 Å². The largest absolute Gasteiger partial charge is 0.202 e. The molecule has 0 N–H and O–H groups in total. The number of halogens is 4. The Hall–Kier alpha value is -2.44. The molecule has 1 aliphatic rings. The van der Waals surface area contributed by atoms with Crippen molar-refractivity contribution in [3.05, 3.63) is 64.2 Å². The summed E-state index contributed by atoms with van der Waals surface area (Å²) in [6, 6.07) is 7.16. The van der Waals surface area contributed by atoms with Crippen LogP contribution in [0, 0.1) is 51.7 Å². The Morgan fingerprint density at radius 1 is 0.920 bits per heavy atom. The van der Waals surface area contributed by atoms with E-state index in [-0.39, 0.29) is 11.8 Å². The van der Waals surface area contributed by atoms with Gasteiger partial charge in [-0.3, -0.25) is 0 Å². The molecule has 0 spiro atoms. The van der Waals surface area contributed by atoms with Crippen LogP contribution in [0.5, 0.6) is 0 Å². The van der Waals surface area contributed by atoms with E-state index in [4.69, 9.17) is 5.26 Å². The SMILES string of the molecule is N#CSc1c(F)c(F)c(C#Cc2ccc(CC3CC3)cc2)c(F)c1F. The summed E-state index contributed by atoms with van der Waals surface area (Å²) >= 11 is 0.0188. The predicted molar refractivity (Wildman–Crippen MR) is 86.6 cm³/mol. The monoisotopic (exact) mass is 361 g/mol. The van der Waals surface area contributed by atoms with E-state index >= 15 is 0 Å². The summed E-state index contributed by atoms with van der Waals surface area (Å²) in [6.45, 7) is 0. The summed E-state index contributed by atoms with van der Waals surface area (Å²) in [6.07, 6.45) is 3.46. The Kier molecular flexibility index (Phi) is 5.01. The van der Waals surface area contributed by atoms with Gasteiger partial charge in [0.2, 0.25) is 0 Å². The summed E-state index contributed by atoms with van der Waals surface area (Å²) in [7, 11) is 0. The first-order valence-electron chi connectivity index (χ1n) is 7.54. The van der Waals surface area contributed by atoms with Gasteiger partial charge in [-0.05, 0) is 54.6 Å². The topological polar surface area (TPSA) is 23.8 Å². The van der Waals surface area contributed by atoms with Crippen LogP contribution >= 0.6 is 11.8 Å². The van der Waals surface area contributed by atoms with Gasteiger partial charge in [-0.1, -0.05) is 24.0 Å². The molecule has 126 valence electrons. The van der Waals surface area contributed by atoms with Gasteiger partial charge in [0, 0.05) is 5.56 Å². The van der Waals surface area contributed by atoms with Crippen molar-refractivity contribution in [3.8, 4) is 17.2 Å². The van der Waals surface area contributed by atoms with Gasteiger partial charge in [0.25, 0.3) is 0 Å². The van der Waals surface area contributed by atoms with Gasteiger partial charge in [-0.15, -0.1) is 0 Å². The van der Waals surface area contributed by atoms with Crippen molar-refractivity contribution in [2.24, 2.45) is 5.92 Å². The number of benzene rings is 2. The van der Waals surface area contributed by atoms with Crippen LogP contribution in [0.15, 0.2) is 29.2 Å². The van der Waals surface area contributed by atoms with Gasteiger partial charge in [0.1, 0.15) is 11.0 Å². The molecule has 0 heterocycles. The van der Waals surface area contributed by atoms with Crippen molar-refractivity contribution in [2.45, 2.75) is 24.2 Å². The molecule has 0 amide bonds. The van der Waals surface area contributed by atoms with Crippen LogP contribution in [-0.4, -0.2) is 0 Å². The van der Waals surface area contributed by atoms with Gasteiger partial charge in [0.15, 0.2) is 23.3 Å². The number of rotatable bonds is 3. The smallest absolute Gasteiger partial charge is 0.178 e. The third-order valence-electron chi connectivity index (χ3n) is 3.88. The third-order valence-corrected chi connectivity index (χ3v) is 4.53. The lowest BCUT2D eigenvalue weighted by atomic mass is 10.1. The molecule has 6 heteroatoms. The zero-order valence-corrected chi connectivity index (χ0v) is 13.7. The minimum absolute atomic E-state index is 0.0188. The molecular formula is C19H11F4NS. The normalized spacial score (nSPS) is 13.1. The molecule has 0 bridgehead atoms. The van der Waals surface area contributed by atoms with E-state index in [1.54, 1.807) is 12.1 Å². The highest BCUT2D eigenvalue weighted by Gasteiger charge is 2.25. The molecule has 0 unspecified atom stereocenters. The van der Waals surface area contributed by atoms with Crippen LogP contribution in [0.3, 0.4) is 0 Å². The Morgan fingerprint density at radius 3 is 2.04 bits per heavy atom. The van der Waals surface area contributed by atoms with E-state index in [0.29, 0.717) is 5.56 Å². The number of hydrogen-bond acceptors (Lipinski definition) is 2. The minimum Gasteiger partial charge on any atom is -0.202 e. The quantitative estimate of drug-likeness (QED) is 0.248. The first-order valence-corrected chi connectivity index (χ1v) is 8.35. The van der Waals surface area contributed by atoms with Gasteiger partial charge >= 0.3 is 0 Å². The summed E-state index contributed by atoms with van der Waals surface area (Å²) < 4.78 is 55.4. The van der Waals surface area contributed by atoms with E-state index in [1.807, 2.05) is 12.1 Å². The Balaban J connectivity index is 1.90. The zero-order valence-electron chi connectivity index (χ0n) is 12.9. The van der Waals surface area contributed by atoms with Crippen LogP contribution < -0.4 is 0 Å². The standard InChI is InChI=1S/C19H11F4NS/c20-15-14(16(21)18(23)19(17(15)22)25-10-24)8-7-11-1-3-12(4-2-11)9-13-5-6-13/h1-4,13H,5-6,9H2. The Bertz CT molecular complexity index is 887. The lowest BCUT2D eigenvalue weighted by Gasteiger charge is -2.05. The molecule has 0 atom stereocenters. The van der Waals surface area contributed by atoms with Gasteiger partial charge in [-0.2, -0.15) is 5.26 Å². The molecule has 3 rings (SSSR count). The Labute approximate surface area is 146 Å².